The fourth-order valence-corrected chi connectivity index (χ4v) is 6.71. The van der Waals surface area contributed by atoms with Gasteiger partial charge in [0.1, 0.15) is 0 Å². The summed E-state index contributed by atoms with van der Waals surface area (Å²) in [5.41, 5.74) is 0.691. The zero-order valence-corrected chi connectivity index (χ0v) is 23.4. The van der Waals surface area contributed by atoms with Crippen molar-refractivity contribution in [2.45, 2.75) is 168 Å². The Morgan fingerprint density at radius 1 is 0.667 bits per heavy atom. The highest BCUT2D eigenvalue weighted by Gasteiger charge is 2.38. The van der Waals surface area contributed by atoms with Crippen LogP contribution in [0.1, 0.15) is 156 Å². The van der Waals surface area contributed by atoms with Gasteiger partial charge in [-0.3, -0.25) is 0 Å². The molecule has 1 N–H and O–H groups in total. The number of likely N-dealkylation sites (tertiary alicyclic amines) is 1. The minimum atomic E-state index is 0.691. The fraction of sp³-hybridized carbons (Fsp3) is 1.00. The molecule has 2 rings (SSSR count). The van der Waals surface area contributed by atoms with Crippen molar-refractivity contribution in [1.82, 2.24) is 10.2 Å². The predicted octanol–water partition coefficient (Wildman–Crippen LogP) is 9.13. The summed E-state index contributed by atoms with van der Waals surface area (Å²) in [6.07, 6.45) is 28.5. The molecule has 0 atom stereocenters. The van der Waals surface area contributed by atoms with Gasteiger partial charge in [0, 0.05) is 18.6 Å². The van der Waals surface area contributed by atoms with Gasteiger partial charge >= 0.3 is 0 Å². The van der Waals surface area contributed by atoms with Crippen molar-refractivity contribution < 1.29 is 0 Å². The molecule has 0 aromatic carbocycles. The Hall–Kier alpha value is -0.0800. The van der Waals surface area contributed by atoms with E-state index in [0.29, 0.717) is 5.41 Å². The zero-order chi connectivity index (χ0) is 23.8. The van der Waals surface area contributed by atoms with E-state index in [-0.39, 0.29) is 0 Å². The number of unbranched alkanes of at least 4 members (excludes halogenated alkanes) is 6. The second-order valence-corrected chi connectivity index (χ2v) is 12.1. The van der Waals surface area contributed by atoms with Crippen LogP contribution in [0.2, 0.25) is 0 Å². The Labute approximate surface area is 209 Å². The maximum Gasteiger partial charge on any atom is 0.00700 e. The molecule has 1 heterocycles. The minimum absolute atomic E-state index is 0.691. The predicted molar refractivity (Wildman–Crippen MR) is 148 cm³/mol. The van der Waals surface area contributed by atoms with E-state index in [2.05, 4.69) is 37.9 Å². The average molecular weight is 463 g/mol. The second kappa shape index (κ2) is 17.4. The molecular formula is C31H62N2. The van der Waals surface area contributed by atoms with Crippen molar-refractivity contribution in [3.05, 3.63) is 0 Å². The number of hydrogen-bond acceptors (Lipinski definition) is 2. The smallest absolute Gasteiger partial charge is 0.00700 e. The third-order valence-corrected chi connectivity index (χ3v) is 9.19. The van der Waals surface area contributed by atoms with Gasteiger partial charge in [-0.1, -0.05) is 91.9 Å². The molecule has 1 aliphatic carbocycles. The molecule has 196 valence electrons. The van der Waals surface area contributed by atoms with Crippen LogP contribution in [0.25, 0.3) is 0 Å². The molecule has 2 aliphatic rings. The first-order chi connectivity index (χ1) is 16.1. The molecule has 1 saturated carbocycles. The third kappa shape index (κ3) is 11.5. The summed E-state index contributed by atoms with van der Waals surface area (Å²) in [7, 11) is 0. The zero-order valence-electron chi connectivity index (χ0n) is 23.4. The highest BCUT2D eigenvalue weighted by molar-refractivity contribution is 4.93. The van der Waals surface area contributed by atoms with Crippen LogP contribution < -0.4 is 5.32 Å². The first kappa shape index (κ1) is 29.2. The van der Waals surface area contributed by atoms with Crippen LogP contribution in [-0.4, -0.2) is 36.6 Å². The van der Waals surface area contributed by atoms with Crippen molar-refractivity contribution in [1.29, 1.82) is 0 Å². The molecule has 0 aromatic heterocycles. The molecule has 2 heteroatoms. The second-order valence-electron chi connectivity index (χ2n) is 12.1. The molecule has 33 heavy (non-hydrogen) atoms. The molecule has 0 unspecified atom stereocenters. The van der Waals surface area contributed by atoms with Gasteiger partial charge < -0.3 is 10.2 Å². The number of rotatable bonds is 18. The van der Waals surface area contributed by atoms with Gasteiger partial charge in [0.2, 0.25) is 0 Å². The molecule has 0 radical (unpaired) electrons. The van der Waals surface area contributed by atoms with Crippen molar-refractivity contribution in [2.24, 2.45) is 11.3 Å². The lowest BCUT2D eigenvalue weighted by molar-refractivity contribution is 0.0480. The number of nitrogens with zero attached hydrogens (tertiary/aromatic N) is 1. The van der Waals surface area contributed by atoms with E-state index in [4.69, 9.17) is 0 Å². The van der Waals surface area contributed by atoms with E-state index in [1.165, 1.54) is 148 Å². The summed E-state index contributed by atoms with van der Waals surface area (Å²) in [4.78, 5) is 2.85. The summed E-state index contributed by atoms with van der Waals surface area (Å²) in [6, 6.07) is 1.58. The van der Waals surface area contributed by atoms with Gasteiger partial charge in [0.15, 0.2) is 0 Å². The molecule has 1 spiro atoms. The Kier molecular flexibility index (Phi) is 15.3. The van der Waals surface area contributed by atoms with E-state index in [1.807, 2.05) is 0 Å². The lowest BCUT2D eigenvalue weighted by atomic mass is 9.66. The van der Waals surface area contributed by atoms with E-state index >= 15 is 0 Å². The Bertz CT molecular complexity index is 426. The topological polar surface area (TPSA) is 15.3 Å². The molecule has 1 aliphatic heterocycles. The van der Waals surface area contributed by atoms with Crippen LogP contribution in [0.4, 0.5) is 0 Å². The molecular weight excluding hydrogens is 400 g/mol. The van der Waals surface area contributed by atoms with Crippen LogP contribution in [0.5, 0.6) is 0 Å². The van der Waals surface area contributed by atoms with E-state index < -0.39 is 0 Å². The van der Waals surface area contributed by atoms with Crippen LogP contribution in [-0.2, 0) is 0 Å². The Morgan fingerprint density at radius 3 is 1.67 bits per heavy atom. The third-order valence-electron chi connectivity index (χ3n) is 9.19. The lowest BCUT2D eigenvalue weighted by Crippen LogP contribution is -2.47. The maximum atomic E-state index is 4.16. The van der Waals surface area contributed by atoms with Crippen LogP contribution in [0.3, 0.4) is 0 Å². The number of nitrogens with one attached hydrogen (secondary N) is 1. The summed E-state index contributed by atoms with van der Waals surface area (Å²) >= 11 is 0. The van der Waals surface area contributed by atoms with Gasteiger partial charge in [0.05, 0.1) is 0 Å². The van der Waals surface area contributed by atoms with E-state index in [9.17, 15) is 0 Å². The molecule has 2 fully saturated rings. The average Bonchev–Trinajstić information content (AvgIpc) is 2.84. The summed E-state index contributed by atoms with van der Waals surface area (Å²) in [6.45, 7) is 13.5. The summed E-state index contributed by atoms with van der Waals surface area (Å²) in [5.74, 6) is 0.955. The number of piperidine rings is 1. The van der Waals surface area contributed by atoms with Crippen molar-refractivity contribution in [2.75, 3.05) is 19.6 Å². The molecule has 1 saturated heterocycles. The standard InChI is InChI=1S/C31H62N2/c1-5-9-13-17-29(18-14-10-6-2)32-30-19-21-31(22-20-30)23-25-33(26-24-31)27-28(15-11-7-3)16-12-8-4/h28-30,32H,5-27H2,1-4H3. The van der Waals surface area contributed by atoms with E-state index in [1.54, 1.807) is 0 Å². The first-order valence-electron chi connectivity index (χ1n) is 15.6. The minimum Gasteiger partial charge on any atom is -0.311 e. The quantitative estimate of drug-likeness (QED) is 0.204. The van der Waals surface area contributed by atoms with Crippen molar-refractivity contribution in [3.63, 3.8) is 0 Å². The van der Waals surface area contributed by atoms with Gasteiger partial charge in [-0.25, -0.2) is 0 Å². The summed E-state index contributed by atoms with van der Waals surface area (Å²) < 4.78 is 0. The fourth-order valence-electron chi connectivity index (χ4n) is 6.71. The maximum absolute atomic E-state index is 4.16. The molecule has 0 bridgehead atoms. The van der Waals surface area contributed by atoms with Crippen molar-refractivity contribution >= 4 is 0 Å². The van der Waals surface area contributed by atoms with Gasteiger partial charge in [-0.05, 0) is 88.6 Å². The monoisotopic (exact) mass is 462 g/mol. The molecule has 2 nitrogen and oxygen atoms in total. The highest BCUT2D eigenvalue weighted by atomic mass is 15.1. The van der Waals surface area contributed by atoms with Crippen molar-refractivity contribution in [3.8, 4) is 0 Å². The lowest BCUT2D eigenvalue weighted by Gasteiger charge is -2.47. The summed E-state index contributed by atoms with van der Waals surface area (Å²) in [5, 5.41) is 4.16. The highest BCUT2D eigenvalue weighted by Crippen LogP contribution is 2.45. The van der Waals surface area contributed by atoms with Gasteiger partial charge in [0.25, 0.3) is 0 Å². The van der Waals surface area contributed by atoms with Gasteiger partial charge in [-0.15, -0.1) is 0 Å². The van der Waals surface area contributed by atoms with E-state index in [0.717, 1.165) is 18.0 Å². The number of hydrogen-bond donors (Lipinski definition) is 1. The molecule has 0 amide bonds. The Morgan fingerprint density at radius 2 is 1.18 bits per heavy atom. The van der Waals surface area contributed by atoms with Crippen LogP contribution in [0.15, 0.2) is 0 Å². The normalized spacial score (nSPS) is 19.8. The molecule has 0 aromatic rings. The Balaban J connectivity index is 1.73. The SMILES string of the molecule is CCCCCC(CCCCC)NC1CCC2(CC1)CCN(CC(CCCC)CCCC)CC2. The first-order valence-corrected chi connectivity index (χ1v) is 15.6. The van der Waals surface area contributed by atoms with Crippen LogP contribution >= 0.6 is 0 Å². The largest absolute Gasteiger partial charge is 0.311 e. The van der Waals surface area contributed by atoms with Gasteiger partial charge in [-0.2, -0.15) is 0 Å². The van der Waals surface area contributed by atoms with Crippen LogP contribution in [0, 0.1) is 11.3 Å².